The minimum atomic E-state index is 0.181. The third-order valence-corrected chi connectivity index (χ3v) is 6.08. The Labute approximate surface area is 181 Å². The lowest BCUT2D eigenvalue weighted by atomic mass is 9.93. The van der Waals surface area contributed by atoms with Crippen molar-refractivity contribution in [1.29, 1.82) is 0 Å². The number of nitrogens with zero attached hydrogens (tertiary/aromatic N) is 3. The lowest BCUT2D eigenvalue weighted by Crippen LogP contribution is -2.40. The number of para-hydroxylation sites is 1. The van der Waals surface area contributed by atoms with Crippen molar-refractivity contribution < 1.29 is 4.79 Å². The average molecular weight is 417 g/mol. The van der Waals surface area contributed by atoms with Crippen LogP contribution >= 0.6 is 0 Å². The van der Waals surface area contributed by atoms with Gasteiger partial charge in [0.05, 0.1) is 11.8 Å². The van der Waals surface area contributed by atoms with Crippen molar-refractivity contribution in [3.63, 3.8) is 0 Å². The zero-order valence-corrected chi connectivity index (χ0v) is 18.0. The predicted octanol–water partition coefficient (Wildman–Crippen LogP) is 4.21. The van der Waals surface area contributed by atoms with Gasteiger partial charge in [0.1, 0.15) is 0 Å². The molecular weight excluding hydrogens is 388 g/mol. The zero-order chi connectivity index (χ0) is 21.4. The van der Waals surface area contributed by atoms with E-state index >= 15 is 0 Å². The van der Waals surface area contributed by atoms with Gasteiger partial charge in [-0.2, -0.15) is 5.10 Å². The van der Waals surface area contributed by atoms with E-state index in [4.69, 9.17) is 4.98 Å². The second-order valence-corrected chi connectivity index (χ2v) is 8.72. The van der Waals surface area contributed by atoms with Crippen LogP contribution in [0.3, 0.4) is 0 Å². The molecule has 0 bridgehead atoms. The fourth-order valence-corrected chi connectivity index (χ4v) is 4.53. The van der Waals surface area contributed by atoms with Crippen molar-refractivity contribution in [2.24, 2.45) is 0 Å². The molecular formula is C24H28N6O. The van der Waals surface area contributed by atoms with Crippen LogP contribution in [0.1, 0.15) is 43.9 Å². The summed E-state index contributed by atoms with van der Waals surface area (Å²) < 4.78 is 0. The van der Waals surface area contributed by atoms with E-state index in [1.54, 1.807) is 0 Å². The monoisotopic (exact) mass is 416 g/mol. The molecule has 1 aromatic carbocycles. The second kappa shape index (κ2) is 8.06. The Bertz CT molecular complexity index is 1220. The number of hydrogen-bond donors (Lipinski definition) is 3. The Morgan fingerprint density at radius 2 is 2.10 bits per heavy atom. The average Bonchev–Trinajstić information content (AvgIpc) is 3.37. The smallest absolute Gasteiger partial charge is 0.227 e. The highest BCUT2D eigenvalue weighted by atomic mass is 16.2. The highest BCUT2D eigenvalue weighted by Gasteiger charge is 2.26. The van der Waals surface area contributed by atoms with Gasteiger partial charge in [-0.15, -0.1) is 0 Å². The van der Waals surface area contributed by atoms with E-state index in [9.17, 15) is 4.79 Å². The molecule has 0 spiro atoms. The number of likely N-dealkylation sites (tertiary alicyclic amines) is 1. The van der Waals surface area contributed by atoms with Gasteiger partial charge in [-0.1, -0.05) is 18.2 Å². The number of aromatic nitrogens is 4. The van der Waals surface area contributed by atoms with Crippen LogP contribution in [0.25, 0.3) is 21.9 Å². The van der Waals surface area contributed by atoms with Crippen molar-refractivity contribution in [3.05, 3.63) is 53.9 Å². The van der Waals surface area contributed by atoms with Crippen LogP contribution in [-0.2, 0) is 11.2 Å². The van der Waals surface area contributed by atoms with Gasteiger partial charge in [0.15, 0.2) is 11.5 Å². The number of fused-ring (bicyclic) bond motifs is 2. The molecule has 1 aliphatic rings. The molecule has 1 amide bonds. The van der Waals surface area contributed by atoms with E-state index in [2.05, 4.69) is 52.5 Å². The molecule has 1 saturated heterocycles. The summed E-state index contributed by atoms with van der Waals surface area (Å²) in [6, 6.07) is 12.6. The summed E-state index contributed by atoms with van der Waals surface area (Å²) >= 11 is 0. The lowest BCUT2D eigenvalue weighted by Gasteiger charge is -2.32. The number of benzene rings is 1. The molecule has 31 heavy (non-hydrogen) atoms. The molecule has 4 heterocycles. The van der Waals surface area contributed by atoms with E-state index in [0.717, 1.165) is 58.4 Å². The van der Waals surface area contributed by atoms with Gasteiger partial charge in [0, 0.05) is 47.8 Å². The van der Waals surface area contributed by atoms with E-state index in [-0.39, 0.29) is 11.8 Å². The van der Waals surface area contributed by atoms with Crippen molar-refractivity contribution >= 4 is 33.7 Å². The molecule has 4 aromatic rings. The van der Waals surface area contributed by atoms with Crippen LogP contribution < -0.4 is 5.32 Å². The molecule has 0 radical (unpaired) electrons. The number of rotatable bonds is 5. The fraction of sp³-hybridized carbons (Fsp3) is 0.375. The van der Waals surface area contributed by atoms with Crippen LogP contribution in [0.2, 0.25) is 0 Å². The first-order valence-corrected chi connectivity index (χ1v) is 11.0. The van der Waals surface area contributed by atoms with Gasteiger partial charge in [-0.3, -0.25) is 9.89 Å². The summed E-state index contributed by atoms with van der Waals surface area (Å²) in [7, 11) is 0. The predicted molar refractivity (Wildman–Crippen MR) is 123 cm³/mol. The number of pyridine rings is 1. The zero-order valence-electron chi connectivity index (χ0n) is 18.0. The number of H-pyrrole nitrogens is 2. The quantitative estimate of drug-likeness (QED) is 0.455. The van der Waals surface area contributed by atoms with E-state index < -0.39 is 0 Å². The number of carbonyl (C=O) groups is 1. The summed E-state index contributed by atoms with van der Waals surface area (Å²) in [6.07, 6.45) is 4.42. The molecule has 7 heteroatoms. The number of nitrogens with one attached hydrogen (secondary N) is 3. The van der Waals surface area contributed by atoms with Crippen LogP contribution in [0, 0.1) is 0 Å². The van der Waals surface area contributed by atoms with Gasteiger partial charge in [-0.05, 0) is 50.5 Å². The molecule has 1 aliphatic heterocycles. The standard InChI is InChI=1S/C24H28N6O/c1-15(2)26-23-19-9-10-20(27-24(19)29-28-23)16-6-5-11-30(14-16)22(31)12-17-13-25-21-8-4-3-7-18(17)21/h3-4,7-10,13,15-16,25H,5-6,11-12,14H2,1-2H3,(H2,26,27,28,29)/t16-/m0/s1. The van der Waals surface area contributed by atoms with E-state index in [1.165, 1.54) is 0 Å². The third-order valence-electron chi connectivity index (χ3n) is 6.08. The number of anilines is 1. The van der Waals surface area contributed by atoms with Crippen LogP contribution in [-0.4, -0.2) is 50.1 Å². The maximum atomic E-state index is 13.1. The minimum Gasteiger partial charge on any atom is -0.366 e. The molecule has 3 aromatic heterocycles. The molecule has 160 valence electrons. The molecule has 0 aliphatic carbocycles. The second-order valence-electron chi connectivity index (χ2n) is 8.72. The molecule has 3 N–H and O–H groups in total. The molecule has 1 fully saturated rings. The van der Waals surface area contributed by atoms with Gasteiger partial charge in [0.25, 0.3) is 0 Å². The number of carbonyl (C=O) groups excluding carboxylic acids is 1. The largest absolute Gasteiger partial charge is 0.366 e. The Kier molecular flexibility index (Phi) is 5.10. The first-order valence-electron chi connectivity index (χ1n) is 11.0. The summed E-state index contributed by atoms with van der Waals surface area (Å²) in [5, 5.41) is 12.9. The molecule has 0 unspecified atom stereocenters. The highest BCUT2D eigenvalue weighted by Crippen LogP contribution is 2.29. The van der Waals surface area contributed by atoms with Gasteiger partial charge >= 0.3 is 0 Å². The Hall–Kier alpha value is -3.35. The van der Waals surface area contributed by atoms with Gasteiger partial charge < -0.3 is 15.2 Å². The number of amides is 1. The first-order chi connectivity index (χ1) is 15.1. The number of hydrogen-bond acceptors (Lipinski definition) is 4. The molecule has 0 saturated carbocycles. The van der Waals surface area contributed by atoms with Crippen LogP contribution in [0.15, 0.2) is 42.6 Å². The maximum Gasteiger partial charge on any atom is 0.227 e. The minimum absolute atomic E-state index is 0.181. The maximum absolute atomic E-state index is 13.1. The molecule has 1 atom stereocenters. The summed E-state index contributed by atoms with van der Waals surface area (Å²) in [6.45, 7) is 5.70. The Morgan fingerprint density at radius 1 is 1.23 bits per heavy atom. The SMILES string of the molecule is CC(C)Nc1n[nH]c2nc([C@H]3CCCN(C(=O)Cc4c[nH]c5ccccc45)C3)ccc12. The number of aromatic amines is 2. The molecule has 7 nitrogen and oxygen atoms in total. The normalized spacial score (nSPS) is 17.0. The van der Waals surface area contributed by atoms with Crippen molar-refractivity contribution in [3.8, 4) is 0 Å². The Morgan fingerprint density at radius 3 is 2.97 bits per heavy atom. The van der Waals surface area contributed by atoms with Crippen molar-refractivity contribution in [2.75, 3.05) is 18.4 Å². The van der Waals surface area contributed by atoms with E-state index in [1.807, 2.05) is 29.3 Å². The van der Waals surface area contributed by atoms with Gasteiger partial charge in [-0.25, -0.2) is 4.98 Å². The molecule has 5 rings (SSSR count). The summed E-state index contributed by atoms with van der Waals surface area (Å²) in [5.41, 5.74) is 3.95. The lowest BCUT2D eigenvalue weighted by molar-refractivity contribution is -0.131. The summed E-state index contributed by atoms with van der Waals surface area (Å²) in [5.74, 6) is 1.26. The first kappa shape index (κ1) is 19.6. The van der Waals surface area contributed by atoms with Crippen molar-refractivity contribution in [1.82, 2.24) is 25.1 Å². The number of piperidine rings is 1. The topological polar surface area (TPSA) is 89.7 Å². The van der Waals surface area contributed by atoms with E-state index in [0.29, 0.717) is 19.0 Å². The van der Waals surface area contributed by atoms with Crippen molar-refractivity contribution in [2.45, 2.75) is 45.1 Å². The highest BCUT2D eigenvalue weighted by molar-refractivity contribution is 5.89. The Balaban J connectivity index is 1.31. The fourth-order valence-electron chi connectivity index (χ4n) is 4.53. The summed E-state index contributed by atoms with van der Waals surface area (Å²) in [4.78, 5) is 23.2. The van der Waals surface area contributed by atoms with Crippen LogP contribution in [0.4, 0.5) is 5.82 Å². The van der Waals surface area contributed by atoms with Crippen LogP contribution in [0.5, 0.6) is 0 Å². The van der Waals surface area contributed by atoms with Gasteiger partial charge in [0.2, 0.25) is 5.91 Å². The third kappa shape index (κ3) is 3.87.